The van der Waals surface area contributed by atoms with Crippen LogP contribution in [0.2, 0.25) is 0 Å². The molecule has 2 amide bonds. The smallest absolute Gasteiger partial charge is 0.270 e. The van der Waals surface area contributed by atoms with E-state index < -0.39 is 22.0 Å². The first-order chi connectivity index (χ1) is 15.9. The van der Waals surface area contributed by atoms with E-state index in [9.17, 15) is 18.0 Å². The zero-order chi connectivity index (χ0) is 23.0. The van der Waals surface area contributed by atoms with E-state index in [0.717, 1.165) is 0 Å². The molecule has 2 heterocycles. The van der Waals surface area contributed by atoms with Crippen molar-refractivity contribution in [1.82, 2.24) is 0 Å². The first kappa shape index (κ1) is 21.0. The van der Waals surface area contributed by atoms with Gasteiger partial charge in [0.05, 0.1) is 29.4 Å². The van der Waals surface area contributed by atoms with Crippen LogP contribution < -0.4 is 19.3 Å². The summed E-state index contributed by atoms with van der Waals surface area (Å²) in [5, 5.41) is 2.74. The lowest BCUT2D eigenvalue weighted by molar-refractivity contribution is -0.127. The van der Waals surface area contributed by atoms with Crippen LogP contribution in [0.15, 0.2) is 78.9 Å². The fourth-order valence-electron chi connectivity index (χ4n) is 4.06. The number of sulfonamides is 1. The first-order valence-electron chi connectivity index (χ1n) is 10.4. The molecule has 168 valence electrons. The van der Waals surface area contributed by atoms with Gasteiger partial charge in [-0.3, -0.25) is 18.8 Å². The number of hydrogen-bond acceptors (Lipinski definition) is 5. The number of nitrogens with one attached hydrogen (secondary N) is 1. The van der Waals surface area contributed by atoms with E-state index in [1.165, 1.54) is 9.21 Å². The van der Waals surface area contributed by atoms with E-state index in [4.69, 9.17) is 4.74 Å². The average molecular weight is 464 g/mol. The van der Waals surface area contributed by atoms with Gasteiger partial charge in [-0.15, -0.1) is 0 Å². The quantitative estimate of drug-likeness (QED) is 0.642. The molecule has 3 aromatic carbocycles. The van der Waals surface area contributed by atoms with E-state index in [0.29, 0.717) is 28.4 Å². The van der Waals surface area contributed by atoms with Crippen molar-refractivity contribution in [2.24, 2.45) is 0 Å². The minimum atomic E-state index is -3.81. The van der Waals surface area contributed by atoms with E-state index in [2.05, 4.69) is 5.32 Å². The molecule has 9 heteroatoms. The maximum Gasteiger partial charge on any atom is 0.270 e. The molecule has 0 spiro atoms. The fraction of sp³-hybridized carbons (Fsp3) is 0.167. The number of carbonyl (C=O) groups is 2. The second-order valence-corrected chi connectivity index (χ2v) is 9.73. The molecule has 3 aromatic rings. The van der Waals surface area contributed by atoms with Gasteiger partial charge in [-0.05, 0) is 29.8 Å². The molecular weight excluding hydrogens is 442 g/mol. The molecule has 1 N–H and O–H groups in total. The Balaban J connectivity index is 1.48. The van der Waals surface area contributed by atoms with Gasteiger partial charge in [0.15, 0.2) is 6.10 Å². The van der Waals surface area contributed by atoms with Crippen molar-refractivity contribution in [2.75, 3.05) is 27.6 Å². The third-order valence-electron chi connectivity index (χ3n) is 5.57. The number of ether oxygens (including phenoxy) is 1. The van der Waals surface area contributed by atoms with Crippen molar-refractivity contribution < 1.29 is 22.7 Å². The number of benzene rings is 3. The zero-order valence-corrected chi connectivity index (χ0v) is 18.4. The topological polar surface area (TPSA) is 96.0 Å². The molecule has 33 heavy (non-hydrogen) atoms. The fourth-order valence-corrected chi connectivity index (χ4v) is 5.64. The molecule has 0 aromatic heterocycles. The summed E-state index contributed by atoms with van der Waals surface area (Å²) in [6, 6.07) is 22.6. The van der Waals surface area contributed by atoms with E-state index in [1.54, 1.807) is 72.8 Å². The summed E-state index contributed by atoms with van der Waals surface area (Å²) < 4.78 is 34.0. The average Bonchev–Trinajstić information content (AvgIpc) is 2.82. The highest BCUT2D eigenvalue weighted by molar-refractivity contribution is 7.92. The Morgan fingerprint density at radius 2 is 1.61 bits per heavy atom. The lowest BCUT2D eigenvalue weighted by Gasteiger charge is -2.37. The predicted molar refractivity (Wildman–Crippen MR) is 125 cm³/mol. The maximum absolute atomic E-state index is 13.5. The highest BCUT2D eigenvalue weighted by Crippen LogP contribution is 2.37. The van der Waals surface area contributed by atoms with Gasteiger partial charge < -0.3 is 10.1 Å². The largest absolute Gasteiger partial charge is 0.476 e. The molecule has 0 unspecified atom stereocenters. The zero-order valence-electron chi connectivity index (χ0n) is 17.5. The molecule has 1 atom stereocenters. The third kappa shape index (κ3) is 4.03. The molecule has 0 saturated heterocycles. The normalized spacial score (nSPS) is 17.5. The number of rotatable bonds is 4. The highest BCUT2D eigenvalue weighted by atomic mass is 32.2. The van der Waals surface area contributed by atoms with Gasteiger partial charge in [0.2, 0.25) is 15.9 Å². The Morgan fingerprint density at radius 3 is 2.39 bits per heavy atom. The second kappa shape index (κ2) is 8.25. The number of carbonyl (C=O) groups excluding carboxylic acids is 2. The van der Waals surface area contributed by atoms with Gasteiger partial charge in [-0.1, -0.05) is 54.6 Å². The standard InChI is InChI=1S/C24H21N3O5S/c28-23-15-26(19-11-5-4-10-18(19)25-23)24(29)22-14-27(20-12-6-7-13-21(20)32-22)33(30,31)16-17-8-2-1-3-9-17/h1-13,22H,14-16H2,(H,25,28)/t22-/m1/s1. The Hall–Kier alpha value is -3.85. The van der Waals surface area contributed by atoms with Crippen LogP contribution in [-0.2, 0) is 25.4 Å². The Kier molecular flexibility index (Phi) is 5.26. The lowest BCUT2D eigenvalue weighted by atomic mass is 10.1. The molecule has 8 nitrogen and oxygen atoms in total. The number of hydrogen-bond donors (Lipinski definition) is 1. The minimum Gasteiger partial charge on any atom is -0.476 e. The van der Waals surface area contributed by atoms with Gasteiger partial charge in [-0.25, -0.2) is 8.42 Å². The summed E-state index contributed by atoms with van der Waals surface area (Å²) in [7, 11) is -3.81. The Bertz CT molecular complexity index is 1330. The monoisotopic (exact) mass is 463 g/mol. The molecule has 0 fully saturated rings. The molecule has 0 bridgehead atoms. The van der Waals surface area contributed by atoms with Crippen molar-refractivity contribution in [1.29, 1.82) is 0 Å². The highest BCUT2D eigenvalue weighted by Gasteiger charge is 2.40. The van der Waals surface area contributed by atoms with Crippen molar-refractivity contribution in [2.45, 2.75) is 11.9 Å². The van der Waals surface area contributed by atoms with Crippen molar-refractivity contribution in [3.05, 3.63) is 84.4 Å². The Labute approximate surface area is 191 Å². The third-order valence-corrected chi connectivity index (χ3v) is 7.29. The van der Waals surface area contributed by atoms with Crippen LogP contribution >= 0.6 is 0 Å². The second-order valence-electron chi connectivity index (χ2n) is 7.84. The van der Waals surface area contributed by atoms with E-state index in [-0.39, 0.29) is 24.7 Å². The molecule has 2 aliphatic rings. The minimum absolute atomic E-state index is 0.173. The number of anilines is 3. The van der Waals surface area contributed by atoms with Crippen LogP contribution in [0.5, 0.6) is 5.75 Å². The molecule has 2 aliphatic heterocycles. The first-order valence-corrected chi connectivity index (χ1v) is 12.0. The van der Waals surface area contributed by atoms with Crippen molar-refractivity contribution in [3.8, 4) is 5.75 Å². The van der Waals surface area contributed by atoms with Crippen molar-refractivity contribution >= 4 is 38.9 Å². The van der Waals surface area contributed by atoms with Gasteiger partial charge in [0.25, 0.3) is 5.91 Å². The number of para-hydroxylation sites is 4. The maximum atomic E-state index is 13.5. The van der Waals surface area contributed by atoms with Crippen LogP contribution in [0.3, 0.4) is 0 Å². The van der Waals surface area contributed by atoms with Gasteiger partial charge in [-0.2, -0.15) is 0 Å². The number of nitrogens with zero attached hydrogens (tertiary/aromatic N) is 2. The van der Waals surface area contributed by atoms with Crippen molar-refractivity contribution in [3.63, 3.8) is 0 Å². The summed E-state index contributed by atoms with van der Waals surface area (Å²) in [5.74, 6) is -0.718. The molecule has 0 aliphatic carbocycles. The van der Waals surface area contributed by atoms with Crippen LogP contribution in [0.25, 0.3) is 0 Å². The van der Waals surface area contributed by atoms with Crippen LogP contribution in [0.1, 0.15) is 5.56 Å². The molecule has 0 radical (unpaired) electrons. The van der Waals surface area contributed by atoms with Crippen LogP contribution in [0.4, 0.5) is 17.1 Å². The SMILES string of the molecule is O=C1CN(C(=O)[C@H]2CN(S(=O)(=O)Cc3ccccc3)c3ccccc3O2)c2ccccc2N1. The summed E-state index contributed by atoms with van der Waals surface area (Å²) in [6.07, 6.45) is -1.11. The summed E-state index contributed by atoms with van der Waals surface area (Å²) in [5.41, 5.74) is 2.09. The molecule has 0 saturated carbocycles. The Morgan fingerprint density at radius 1 is 0.939 bits per heavy atom. The molecular formula is C24H21N3O5S. The summed E-state index contributed by atoms with van der Waals surface area (Å²) >= 11 is 0. The number of fused-ring (bicyclic) bond motifs is 2. The lowest BCUT2D eigenvalue weighted by Crippen LogP contribution is -2.54. The molecule has 5 rings (SSSR count). The van der Waals surface area contributed by atoms with E-state index >= 15 is 0 Å². The van der Waals surface area contributed by atoms with Gasteiger partial charge >= 0.3 is 0 Å². The summed E-state index contributed by atoms with van der Waals surface area (Å²) in [4.78, 5) is 27.0. The van der Waals surface area contributed by atoms with Gasteiger partial charge in [0.1, 0.15) is 12.3 Å². The summed E-state index contributed by atoms with van der Waals surface area (Å²) in [6.45, 7) is -0.362. The van der Waals surface area contributed by atoms with Crippen LogP contribution in [-0.4, -0.2) is 39.4 Å². The van der Waals surface area contributed by atoms with Gasteiger partial charge in [0, 0.05) is 0 Å². The van der Waals surface area contributed by atoms with Crippen LogP contribution in [0, 0.1) is 0 Å². The predicted octanol–water partition coefficient (Wildman–Crippen LogP) is 2.77. The number of amides is 2. The van der Waals surface area contributed by atoms with E-state index in [1.807, 2.05) is 6.07 Å².